The van der Waals surface area contributed by atoms with Crippen LogP contribution in [0.5, 0.6) is 0 Å². The fraction of sp³-hybridized carbons (Fsp3) is 0.762. The minimum Gasteiger partial charge on any atom is -0.374 e. The number of ether oxygens (including phenoxy) is 1. The Kier molecular flexibility index (Phi) is 4.90. The van der Waals surface area contributed by atoms with Gasteiger partial charge < -0.3 is 15.0 Å². The van der Waals surface area contributed by atoms with E-state index in [-0.39, 0.29) is 0 Å². The number of hydrogen-bond acceptors (Lipinski definition) is 4. The molecule has 6 atom stereocenters. The predicted molar refractivity (Wildman–Crippen MR) is 110 cm³/mol. The van der Waals surface area contributed by atoms with Crippen molar-refractivity contribution >= 4 is 17.3 Å². The van der Waals surface area contributed by atoms with Gasteiger partial charge in [0.25, 0.3) is 0 Å². The summed E-state index contributed by atoms with van der Waals surface area (Å²) in [5.41, 5.74) is 0. The molecule has 0 saturated carbocycles. The van der Waals surface area contributed by atoms with Gasteiger partial charge in [-0.1, -0.05) is 6.07 Å². The first-order valence-corrected chi connectivity index (χ1v) is 11.5. The van der Waals surface area contributed by atoms with Crippen molar-refractivity contribution in [1.82, 2.24) is 15.1 Å². The van der Waals surface area contributed by atoms with Gasteiger partial charge in [-0.05, 0) is 56.6 Å². The normalized spacial score (nSPS) is 39.2. The van der Waals surface area contributed by atoms with E-state index in [1.165, 1.54) is 37.1 Å². The van der Waals surface area contributed by atoms with Gasteiger partial charge in [-0.3, -0.25) is 9.89 Å². The molecule has 4 aliphatic rings. The third-order valence-corrected chi connectivity index (χ3v) is 8.27. The van der Waals surface area contributed by atoms with Gasteiger partial charge in [-0.15, -0.1) is 11.3 Å². The van der Waals surface area contributed by atoms with Crippen molar-refractivity contribution in [1.29, 1.82) is 0 Å². The van der Waals surface area contributed by atoms with Crippen LogP contribution in [0.2, 0.25) is 0 Å². The summed E-state index contributed by atoms with van der Waals surface area (Å²) in [6.07, 6.45) is 6.14. The monoisotopic (exact) mass is 388 g/mol. The number of rotatable bonds is 3. The Hall–Kier alpha value is -1.11. The standard InChI is InChI=1S/C21H32N4OS/c1-22-21(25-12-15-16(13-25)18-8-7-17(15)26-18)23-11-14-5-3-9-24(2)20(14)19-6-4-10-27-19/h4,6,10,14-18,20H,3,5,7-9,11-13H2,1-2H3,(H,22,23). The van der Waals surface area contributed by atoms with Crippen molar-refractivity contribution in [2.45, 2.75) is 43.9 Å². The molecule has 5 rings (SSSR count). The van der Waals surface area contributed by atoms with Crippen LogP contribution in [-0.2, 0) is 4.74 Å². The topological polar surface area (TPSA) is 40.1 Å². The molecule has 5 nitrogen and oxygen atoms in total. The highest BCUT2D eigenvalue weighted by Crippen LogP contribution is 2.47. The zero-order valence-electron chi connectivity index (χ0n) is 16.5. The molecule has 5 heterocycles. The second-order valence-corrected chi connectivity index (χ2v) is 9.77. The summed E-state index contributed by atoms with van der Waals surface area (Å²) in [5, 5.41) is 5.95. The zero-order chi connectivity index (χ0) is 18.4. The van der Waals surface area contributed by atoms with Gasteiger partial charge in [0.05, 0.1) is 12.2 Å². The molecular formula is C21H32N4OS. The highest BCUT2D eigenvalue weighted by Gasteiger charge is 2.53. The fourth-order valence-electron chi connectivity index (χ4n) is 6.07. The summed E-state index contributed by atoms with van der Waals surface area (Å²) in [5.74, 6) is 3.19. The zero-order valence-corrected chi connectivity index (χ0v) is 17.3. The van der Waals surface area contributed by atoms with Crippen LogP contribution in [0, 0.1) is 17.8 Å². The lowest BCUT2D eigenvalue weighted by atomic mass is 9.82. The van der Waals surface area contributed by atoms with Crippen LogP contribution in [0.1, 0.15) is 36.6 Å². The lowest BCUT2D eigenvalue weighted by Gasteiger charge is -2.39. The van der Waals surface area contributed by atoms with Gasteiger partial charge in [0.15, 0.2) is 5.96 Å². The molecule has 4 aliphatic heterocycles. The van der Waals surface area contributed by atoms with Crippen LogP contribution >= 0.6 is 11.3 Å². The number of piperidine rings is 1. The van der Waals surface area contributed by atoms with Gasteiger partial charge in [0.1, 0.15) is 0 Å². The van der Waals surface area contributed by atoms with Crippen molar-refractivity contribution in [3.05, 3.63) is 22.4 Å². The molecular weight excluding hydrogens is 356 g/mol. The van der Waals surface area contributed by atoms with Crippen LogP contribution in [0.4, 0.5) is 0 Å². The smallest absolute Gasteiger partial charge is 0.193 e. The average molecular weight is 389 g/mol. The van der Waals surface area contributed by atoms with Gasteiger partial charge in [-0.25, -0.2) is 0 Å². The van der Waals surface area contributed by atoms with E-state index in [0.717, 1.165) is 37.4 Å². The molecule has 1 aromatic heterocycles. The number of fused-ring (bicyclic) bond motifs is 5. The lowest BCUT2D eigenvalue weighted by molar-refractivity contribution is 0.0765. The van der Waals surface area contributed by atoms with Crippen LogP contribution in [0.25, 0.3) is 0 Å². The number of aliphatic imine (C=N–C) groups is 1. The second kappa shape index (κ2) is 7.37. The number of guanidine groups is 1. The summed E-state index contributed by atoms with van der Waals surface area (Å²) in [7, 11) is 4.22. The van der Waals surface area contributed by atoms with E-state index in [0.29, 0.717) is 24.2 Å². The number of hydrogen-bond donors (Lipinski definition) is 1. The van der Waals surface area contributed by atoms with E-state index >= 15 is 0 Å². The molecule has 0 radical (unpaired) electrons. The first-order valence-electron chi connectivity index (χ1n) is 10.6. The third-order valence-electron chi connectivity index (χ3n) is 7.33. The van der Waals surface area contributed by atoms with Crippen molar-refractivity contribution in [2.24, 2.45) is 22.7 Å². The summed E-state index contributed by atoms with van der Waals surface area (Å²) in [6, 6.07) is 5.02. The highest BCUT2D eigenvalue weighted by atomic mass is 32.1. The fourth-order valence-corrected chi connectivity index (χ4v) is 7.05. The van der Waals surface area contributed by atoms with Crippen molar-refractivity contribution < 1.29 is 4.74 Å². The van der Waals surface area contributed by atoms with E-state index in [1.54, 1.807) is 0 Å². The van der Waals surface area contributed by atoms with Gasteiger partial charge in [-0.2, -0.15) is 0 Å². The number of likely N-dealkylation sites (tertiary alicyclic amines) is 2. The summed E-state index contributed by atoms with van der Waals surface area (Å²) in [6.45, 7) is 4.44. The maximum absolute atomic E-state index is 6.13. The SMILES string of the molecule is CN=C(NCC1CCCN(C)C1c1cccs1)N1CC2C3CCC(O3)C2C1. The quantitative estimate of drug-likeness (QED) is 0.639. The predicted octanol–water partition coefficient (Wildman–Crippen LogP) is 2.82. The van der Waals surface area contributed by atoms with E-state index < -0.39 is 0 Å². The molecule has 6 unspecified atom stereocenters. The summed E-state index contributed by atoms with van der Waals surface area (Å²) >= 11 is 1.90. The minimum atomic E-state index is 0.512. The van der Waals surface area contributed by atoms with Gasteiger partial charge in [0, 0.05) is 49.4 Å². The Bertz CT molecular complexity index is 660. The molecule has 0 aliphatic carbocycles. The molecule has 4 fully saturated rings. The van der Waals surface area contributed by atoms with Gasteiger partial charge in [0.2, 0.25) is 0 Å². The minimum absolute atomic E-state index is 0.512. The molecule has 4 saturated heterocycles. The highest BCUT2D eigenvalue weighted by molar-refractivity contribution is 7.10. The van der Waals surface area contributed by atoms with E-state index in [9.17, 15) is 0 Å². The van der Waals surface area contributed by atoms with Gasteiger partial charge >= 0.3 is 0 Å². The van der Waals surface area contributed by atoms with Crippen LogP contribution in [0.15, 0.2) is 22.5 Å². The van der Waals surface area contributed by atoms with Crippen LogP contribution in [-0.4, -0.2) is 68.2 Å². The Morgan fingerprint density at radius 2 is 2.04 bits per heavy atom. The Labute approximate surface area is 166 Å². The second-order valence-electron chi connectivity index (χ2n) is 8.79. The molecule has 148 valence electrons. The molecule has 1 N–H and O–H groups in total. The molecule has 0 spiro atoms. The number of nitrogens with one attached hydrogen (secondary N) is 1. The van der Waals surface area contributed by atoms with E-state index in [4.69, 9.17) is 4.74 Å². The lowest BCUT2D eigenvalue weighted by Crippen LogP contribution is -2.46. The molecule has 0 amide bonds. The Balaban J connectivity index is 1.23. The van der Waals surface area contributed by atoms with Crippen molar-refractivity contribution in [2.75, 3.05) is 40.3 Å². The molecule has 6 heteroatoms. The molecule has 2 bridgehead atoms. The molecule has 0 aromatic carbocycles. The van der Waals surface area contributed by atoms with E-state index in [1.807, 2.05) is 18.4 Å². The average Bonchev–Trinajstić information content (AvgIpc) is 3.44. The van der Waals surface area contributed by atoms with Crippen molar-refractivity contribution in [3.63, 3.8) is 0 Å². The summed E-state index contributed by atoms with van der Waals surface area (Å²) < 4.78 is 6.13. The first kappa shape index (κ1) is 18.0. The Morgan fingerprint density at radius 3 is 2.70 bits per heavy atom. The summed E-state index contributed by atoms with van der Waals surface area (Å²) in [4.78, 5) is 11.2. The number of nitrogens with zero attached hydrogens (tertiary/aromatic N) is 3. The van der Waals surface area contributed by atoms with Crippen LogP contribution in [0.3, 0.4) is 0 Å². The van der Waals surface area contributed by atoms with Crippen molar-refractivity contribution in [3.8, 4) is 0 Å². The first-order chi connectivity index (χ1) is 13.2. The molecule has 27 heavy (non-hydrogen) atoms. The molecule has 1 aromatic rings. The maximum atomic E-state index is 6.13. The third kappa shape index (κ3) is 3.19. The maximum Gasteiger partial charge on any atom is 0.193 e. The van der Waals surface area contributed by atoms with Crippen LogP contribution < -0.4 is 5.32 Å². The Morgan fingerprint density at radius 1 is 1.26 bits per heavy atom. The largest absolute Gasteiger partial charge is 0.374 e. The van der Waals surface area contributed by atoms with E-state index in [2.05, 4.69) is 44.7 Å². The number of thiophene rings is 1.